The third-order valence-corrected chi connectivity index (χ3v) is 1.62. The summed E-state index contributed by atoms with van der Waals surface area (Å²) < 4.78 is 0. The van der Waals surface area contributed by atoms with E-state index in [1.165, 1.54) is 0 Å². The van der Waals surface area contributed by atoms with Crippen LogP contribution in [-0.4, -0.2) is 5.78 Å². The summed E-state index contributed by atoms with van der Waals surface area (Å²) in [6.07, 6.45) is 11.3. The molecule has 1 rings (SSSR count). The molecular weight excluding hydrogens is 136 g/mol. The van der Waals surface area contributed by atoms with Gasteiger partial charge in [0, 0.05) is 12.0 Å². The Bertz CT molecular complexity index is 231. The van der Waals surface area contributed by atoms with Gasteiger partial charge < -0.3 is 0 Å². The number of Topliss-reactive ketones (excluding diaryl/α,β-unsaturated/α-hetero) is 1. The van der Waals surface area contributed by atoms with Gasteiger partial charge in [-0.05, 0) is 6.42 Å². The van der Waals surface area contributed by atoms with Crippen LogP contribution >= 0.6 is 0 Å². The van der Waals surface area contributed by atoms with Crippen molar-refractivity contribution in [3.8, 4) is 0 Å². The molecule has 0 aromatic carbocycles. The molecule has 0 bridgehead atoms. The van der Waals surface area contributed by atoms with Crippen molar-refractivity contribution in [3.05, 3.63) is 36.0 Å². The minimum atomic E-state index is 0.216. The lowest BCUT2D eigenvalue weighted by atomic mass is 10.1. The van der Waals surface area contributed by atoms with Gasteiger partial charge in [0.15, 0.2) is 5.78 Å². The van der Waals surface area contributed by atoms with Crippen molar-refractivity contribution in [2.75, 3.05) is 0 Å². The Morgan fingerprint density at radius 2 is 2.36 bits per heavy atom. The fraction of sp³-hybridized carbons (Fsp3) is 0.300. The quantitative estimate of drug-likeness (QED) is 0.587. The van der Waals surface area contributed by atoms with E-state index in [1.807, 2.05) is 37.3 Å². The lowest BCUT2D eigenvalue weighted by Gasteiger charge is -1.94. The molecule has 1 nitrogen and oxygen atoms in total. The van der Waals surface area contributed by atoms with Crippen molar-refractivity contribution in [1.29, 1.82) is 0 Å². The number of carbonyl (C=O) groups is 1. The van der Waals surface area contributed by atoms with Crippen LogP contribution in [0.15, 0.2) is 36.0 Å². The van der Waals surface area contributed by atoms with Gasteiger partial charge in [0.05, 0.1) is 0 Å². The summed E-state index contributed by atoms with van der Waals surface area (Å²) >= 11 is 0. The molecule has 0 spiro atoms. The fourth-order valence-corrected chi connectivity index (χ4v) is 0.969. The van der Waals surface area contributed by atoms with Crippen LogP contribution in [0, 0.1) is 0 Å². The number of allylic oxidation sites excluding steroid dienone is 6. The Kier molecular flexibility index (Phi) is 2.84. The molecule has 0 fully saturated rings. The first-order valence-corrected chi connectivity index (χ1v) is 3.91. The van der Waals surface area contributed by atoms with E-state index >= 15 is 0 Å². The normalized spacial score (nSPS) is 15.9. The molecule has 1 aliphatic rings. The zero-order valence-corrected chi connectivity index (χ0v) is 6.71. The minimum Gasteiger partial charge on any atom is -0.294 e. The Morgan fingerprint density at radius 1 is 1.55 bits per heavy atom. The van der Waals surface area contributed by atoms with Crippen LogP contribution in [0.2, 0.25) is 0 Å². The summed E-state index contributed by atoms with van der Waals surface area (Å²) in [5.74, 6) is 0.216. The van der Waals surface area contributed by atoms with E-state index in [4.69, 9.17) is 0 Å². The smallest absolute Gasteiger partial charge is 0.162 e. The van der Waals surface area contributed by atoms with E-state index in [-0.39, 0.29) is 5.78 Å². The maximum Gasteiger partial charge on any atom is 0.162 e. The van der Waals surface area contributed by atoms with Gasteiger partial charge >= 0.3 is 0 Å². The molecule has 11 heavy (non-hydrogen) atoms. The first kappa shape index (κ1) is 7.99. The molecule has 1 heteroatoms. The van der Waals surface area contributed by atoms with Crippen molar-refractivity contribution >= 4 is 5.78 Å². The van der Waals surface area contributed by atoms with Crippen molar-refractivity contribution in [2.45, 2.75) is 19.8 Å². The van der Waals surface area contributed by atoms with Crippen molar-refractivity contribution in [1.82, 2.24) is 0 Å². The van der Waals surface area contributed by atoms with Gasteiger partial charge in [0.2, 0.25) is 0 Å². The summed E-state index contributed by atoms with van der Waals surface area (Å²) in [6.45, 7) is 1.88. The van der Waals surface area contributed by atoms with Crippen LogP contribution in [0.1, 0.15) is 19.8 Å². The van der Waals surface area contributed by atoms with Crippen LogP contribution in [-0.2, 0) is 4.79 Å². The molecule has 0 atom stereocenters. The lowest BCUT2D eigenvalue weighted by molar-refractivity contribution is -0.114. The maximum absolute atomic E-state index is 11.2. The summed E-state index contributed by atoms with van der Waals surface area (Å²) in [5, 5.41) is 0. The van der Waals surface area contributed by atoms with Gasteiger partial charge in [-0.15, -0.1) is 0 Å². The first-order chi connectivity index (χ1) is 5.34. The van der Waals surface area contributed by atoms with E-state index in [0.717, 1.165) is 12.0 Å². The average Bonchev–Trinajstić information content (AvgIpc) is 2.30. The Labute approximate surface area is 67.1 Å². The lowest BCUT2D eigenvalue weighted by Crippen LogP contribution is -1.96. The van der Waals surface area contributed by atoms with E-state index in [9.17, 15) is 4.79 Å². The SMILES string of the molecule is CCC(=O)C1=CC=CCC=C1. The van der Waals surface area contributed by atoms with E-state index in [1.54, 1.807) is 0 Å². The van der Waals surface area contributed by atoms with Crippen LogP contribution in [0.5, 0.6) is 0 Å². The van der Waals surface area contributed by atoms with Crippen molar-refractivity contribution in [2.24, 2.45) is 0 Å². The highest BCUT2D eigenvalue weighted by molar-refractivity contribution is 5.98. The highest BCUT2D eigenvalue weighted by atomic mass is 16.1. The number of carbonyl (C=O) groups excluding carboxylic acids is 1. The Hall–Kier alpha value is -1.11. The molecule has 1 aliphatic carbocycles. The number of hydrogen-bond donors (Lipinski definition) is 0. The molecule has 0 aromatic heterocycles. The van der Waals surface area contributed by atoms with Crippen LogP contribution in [0.25, 0.3) is 0 Å². The topological polar surface area (TPSA) is 17.1 Å². The first-order valence-electron chi connectivity index (χ1n) is 3.91. The number of hydrogen-bond acceptors (Lipinski definition) is 1. The fourth-order valence-electron chi connectivity index (χ4n) is 0.969. The molecule has 0 saturated heterocycles. The maximum atomic E-state index is 11.2. The van der Waals surface area contributed by atoms with Gasteiger partial charge in [-0.3, -0.25) is 4.79 Å². The zero-order valence-electron chi connectivity index (χ0n) is 6.71. The van der Waals surface area contributed by atoms with Crippen molar-refractivity contribution < 1.29 is 4.79 Å². The predicted octanol–water partition coefficient (Wildman–Crippen LogP) is 2.41. The molecule has 0 saturated carbocycles. The van der Waals surface area contributed by atoms with Crippen LogP contribution in [0.4, 0.5) is 0 Å². The van der Waals surface area contributed by atoms with E-state index < -0.39 is 0 Å². The summed E-state index contributed by atoms with van der Waals surface area (Å²) in [5.41, 5.74) is 0.821. The number of ketones is 1. The third kappa shape index (κ3) is 2.19. The molecule has 0 aliphatic heterocycles. The Balaban J connectivity index is 2.77. The molecule has 0 unspecified atom stereocenters. The highest BCUT2D eigenvalue weighted by Gasteiger charge is 2.01. The van der Waals surface area contributed by atoms with Gasteiger partial charge in [-0.25, -0.2) is 0 Å². The summed E-state index contributed by atoms with van der Waals surface area (Å²) in [7, 11) is 0. The second-order valence-electron chi connectivity index (χ2n) is 2.46. The van der Waals surface area contributed by atoms with Gasteiger partial charge in [0.25, 0.3) is 0 Å². The average molecular weight is 148 g/mol. The molecule has 58 valence electrons. The molecule has 0 aromatic rings. The highest BCUT2D eigenvalue weighted by Crippen LogP contribution is 2.06. The number of rotatable bonds is 2. The molecule has 0 amide bonds. The predicted molar refractivity (Wildman–Crippen MR) is 46.3 cm³/mol. The second kappa shape index (κ2) is 3.91. The van der Waals surface area contributed by atoms with Gasteiger partial charge in [0.1, 0.15) is 0 Å². The molecule has 0 N–H and O–H groups in total. The van der Waals surface area contributed by atoms with E-state index in [0.29, 0.717) is 6.42 Å². The second-order valence-corrected chi connectivity index (χ2v) is 2.46. The monoisotopic (exact) mass is 148 g/mol. The molecule has 0 radical (unpaired) electrons. The third-order valence-electron chi connectivity index (χ3n) is 1.62. The summed E-state index contributed by atoms with van der Waals surface area (Å²) in [6, 6.07) is 0. The molecular formula is C10H12O. The van der Waals surface area contributed by atoms with Gasteiger partial charge in [-0.2, -0.15) is 0 Å². The largest absolute Gasteiger partial charge is 0.294 e. The van der Waals surface area contributed by atoms with Crippen LogP contribution < -0.4 is 0 Å². The van der Waals surface area contributed by atoms with Gasteiger partial charge in [-0.1, -0.05) is 37.3 Å². The minimum absolute atomic E-state index is 0.216. The van der Waals surface area contributed by atoms with Crippen LogP contribution in [0.3, 0.4) is 0 Å². The Morgan fingerprint density at radius 3 is 3.09 bits per heavy atom. The zero-order chi connectivity index (χ0) is 8.10. The van der Waals surface area contributed by atoms with E-state index in [2.05, 4.69) is 0 Å². The van der Waals surface area contributed by atoms with Crippen molar-refractivity contribution in [3.63, 3.8) is 0 Å². The summed E-state index contributed by atoms with van der Waals surface area (Å²) in [4.78, 5) is 11.2. The molecule has 0 heterocycles. The standard InChI is InChI=1S/C10H12O/c1-2-10(11)9-7-5-3-4-6-8-9/h3,5-8H,2,4H2,1H3.